The van der Waals surface area contributed by atoms with Crippen LogP contribution in [-0.4, -0.2) is 4.98 Å². The molecular weight excluding hydrogens is 182 g/mol. The Morgan fingerprint density at radius 1 is 1.07 bits per heavy atom. The Morgan fingerprint density at radius 2 is 1.60 bits per heavy atom. The third kappa shape index (κ3) is 3.33. The fourth-order valence-corrected chi connectivity index (χ4v) is 2.36. The average Bonchev–Trinajstić information content (AvgIpc) is 2.16. The Bertz CT molecular complexity index is 297. The summed E-state index contributed by atoms with van der Waals surface area (Å²) in [6.45, 7) is 11.5. The average molecular weight is 205 g/mol. The van der Waals surface area contributed by atoms with Crippen LogP contribution < -0.4 is 0 Å². The highest BCUT2D eigenvalue weighted by Crippen LogP contribution is 2.38. The van der Waals surface area contributed by atoms with Gasteiger partial charge >= 0.3 is 0 Å². The molecule has 0 bridgehead atoms. The van der Waals surface area contributed by atoms with Crippen molar-refractivity contribution in [3.8, 4) is 0 Å². The van der Waals surface area contributed by atoms with Crippen molar-refractivity contribution in [2.24, 2.45) is 5.41 Å². The molecule has 0 radical (unpaired) electrons. The third-order valence-corrected chi connectivity index (χ3v) is 3.08. The predicted octanol–water partition coefficient (Wildman–Crippen LogP) is 4.19. The van der Waals surface area contributed by atoms with E-state index in [9.17, 15) is 0 Å². The van der Waals surface area contributed by atoms with E-state index in [4.69, 9.17) is 0 Å². The second kappa shape index (κ2) is 4.34. The summed E-state index contributed by atoms with van der Waals surface area (Å²) in [4.78, 5) is 4.09. The van der Waals surface area contributed by atoms with E-state index >= 15 is 0 Å². The van der Waals surface area contributed by atoms with Crippen molar-refractivity contribution in [3.63, 3.8) is 0 Å². The van der Waals surface area contributed by atoms with Gasteiger partial charge in [-0.1, -0.05) is 34.6 Å². The van der Waals surface area contributed by atoms with Crippen LogP contribution >= 0.6 is 0 Å². The molecule has 1 heteroatoms. The Kier molecular flexibility index (Phi) is 3.54. The van der Waals surface area contributed by atoms with Crippen molar-refractivity contribution in [1.29, 1.82) is 0 Å². The van der Waals surface area contributed by atoms with Crippen LogP contribution in [0.5, 0.6) is 0 Å². The summed E-state index contributed by atoms with van der Waals surface area (Å²) in [5.74, 6) is 0. The lowest BCUT2D eigenvalue weighted by atomic mass is 9.70. The summed E-state index contributed by atoms with van der Waals surface area (Å²) < 4.78 is 0. The number of nitrogens with zero attached hydrogens (tertiary/aromatic N) is 1. The maximum absolute atomic E-state index is 4.09. The Hall–Kier alpha value is -0.850. The Labute approximate surface area is 93.9 Å². The zero-order valence-electron chi connectivity index (χ0n) is 10.7. The Morgan fingerprint density at radius 3 is 2.00 bits per heavy atom. The van der Waals surface area contributed by atoms with Gasteiger partial charge in [-0.05, 0) is 41.4 Å². The molecule has 15 heavy (non-hydrogen) atoms. The van der Waals surface area contributed by atoms with Gasteiger partial charge in [0.1, 0.15) is 0 Å². The summed E-state index contributed by atoms with van der Waals surface area (Å²) in [7, 11) is 0. The predicted molar refractivity (Wildman–Crippen MR) is 66.0 cm³/mol. The van der Waals surface area contributed by atoms with Crippen LogP contribution in [0.2, 0.25) is 0 Å². The minimum absolute atomic E-state index is 0.279. The highest BCUT2D eigenvalue weighted by molar-refractivity contribution is 5.21. The van der Waals surface area contributed by atoms with E-state index in [1.807, 2.05) is 12.4 Å². The van der Waals surface area contributed by atoms with Crippen molar-refractivity contribution >= 4 is 0 Å². The molecule has 0 N–H and O–H groups in total. The van der Waals surface area contributed by atoms with Crippen LogP contribution in [0, 0.1) is 5.41 Å². The summed E-state index contributed by atoms with van der Waals surface area (Å²) in [6, 6.07) is 4.30. The molecule has 0 spiro atoms. The molecule has 1 aromatic rings. The molecule has 0 fully saturated rings. The molecule has 0 aliphatic rings. The van der Waals surface area contributed by atoms with Crippen LogP contribution in [0.15, 0.2) is 24.5 Å². The summed E-state index contributed by atoms with van der Waals surface area (Å²) in [5.41, 5.74) is 2.06. The van der Waals surface area contributed by atoms with Gasteiger partial charge < -0.3 is 0 Å². The van der Waals surface area contributed by atoms with E-state index in [1.54, 1.807) is 0 Å². The van der Waals surface area contributed by atoms with E-state index in [2.05, 4.69) is 51.7 Å². The van der Waals surface area contributed by atoms with Crippen LogP contribution in [0.25, 0.3) is 0 Å². The van der Waals surface area contributed by atoms with E-state index in [0.29, 0.717) is 5.41 Å². The van der Waals surface area contributed by atoms with Gasteiger partial charge in [0.2, 0.25) is 0 Å². The molecule has 0 aliphatic heterocycles. The first-order valence-corrected chi connectivity index (χ1v) is 5.78. The van der Waals surface area contributed by atoms with Gasteiger partial charge in [0.25, 0.3) is 0 Å². The quantitative estimate of drug-likeness (QED) is 0.721. The van der Waals surface area contributed by atoms with Crippen molar-refractivity contribution < 1.29 is 0 Å². The van der Waals surface area contributed by atoms with Crippen LogP contribution in [-0.2, 0) is 5.41 Å². The van der Waals surface area contributed by atoms with Gasteiger partial charge in [-0.25, -0.2) is 0 Å². The van der Waals surface area contributed by atoms with Crippen molar-refractivity contribution in [2.45, 2.75) is 52.9 Å². The highest BCUT2D eigenvalue weighted by atomic mass is 14.6. The zero-order valence-corrected chi connectivity index (χ0v) is 10.7. The van der Waals surface area contributed by atoms with E-state index in [-0.39, 0.29) is 5.41 Å². The molecule has 0 saturated heterocycles. The largest absolute Gasteiger partial charge is 0.265 e. The first-order chi connectivity index (χ1) is 6.87. The van der Waals surface area contributed by atoms with Gasteiger partial charge in [-0.3, -0.25) is 4.98 Å². The van der Waals surface area contributed by atoms with Crippen molar-refractivity contribution in [1.82, 2.24) is 4.98 Å². The molecule has 1 heterocycles. The maximum atomic E-state index is 4.09. The SMILES string of the molecule is CCC(C)(CC(C)(C)C)c1ccncc1. The number of aromatic nitrogens is 1. The van der Waals surface area contributed by atoms with Gasteiger partial charge in [0.05, 0.1) is 0 Å². The highest BCUT2D eigenvalue weighted by Gasteiger charge is 2.29. The fraction of sp³-hybridized carbons (Fsp3) is 0.643. The molecule has 1 rings (SSSR count). The summed E-state index contributed by atoms with van der Waals surface area (Å²) in [5, 5.41) is 0. The lowest BCUT2D eigenvalue weighted by Gasteiger charge is -2.35. The van der Waals surface area contributed by atoms with Crippen LogP contribution in [0.4, 0.5) is 0 Å². The molecule has 84 valence electrons. The smallest absolute Gasteiger partial charge is 0.0270 e. The van der Waals surface area contributed by atoms with Crippen LogP contribution in [0.3, 0.4) is 0 Å². The molecular formula is C14H23N. The van der Waals surface area contributed by atoms with E-state index < -0.39 is 0 Å². The van der Waals surface area contributed by atoms with Gasteiger partial charge in [0.15, 0.2) is 0 Å². The monoisotopic (exact) mass is 205 g/mol. The molecule has 1 unspecified atom stereocenters. The fourth-order valence-electron chi connectivity index (χ4n) is 2.36. The number of hydrogen-bond donors (Lipinski definition) is 0. The van der Waals surface area contributed by atoms with Crippen molar-refractivity contribution in [2.75, 3.05) is 0 Å². The lowest BCUT2D eigenvalue weighted by Crippen LogP contribution is -2.27. The lowest BCUT2D eigenvalue weighted by molar-refractivity contribution is 0.261. The number of hydrogen-bond acceptors (Lipinski definition) is 1. The second-order valence-corrected chi connectivity index (χ2v) is 5.89. The normalized spacial score (nSPS) is 16.1. The molecule has 0 aliphatic carbocycles. The van der Waals surface area contributed by atoms with Gasteiger partial charge in [-0.2, -0.15) is 0 Å². The van der Waals surface area contributed by atoms with Crippen LogP contribution in [0.1, 0.15) is 53.0 Å². The summed E-state index contributed by atoms with van der Waals surface area (Å²) in [6.07, 6.45) is 6.17. The standard InChI is InChI=1S/C14H23N/c1-6-14(5,11-13(2,3)4)12-7-9-15-10-8-12/h7-10H,6,11H2,1-5H3. The minimum atomic E-state index is 0.279. The first kappa shape index (κ1) is 12.2. The van der Waals surface area contributed by atoms with E-state index in [1.165, 1.54) is 18.4 Å². The third-order valence-electron chi connectivity index (χ3n) is 3.08. The van der Waals surface area contributed by atoms with Gasteiger partial charge in [-0.15, -0.1) is 0 Å². The first-order valence-electron chi connectivity index (χ1n) is 5.78. The number of pyridine rings is 1. The Balaban J connectivity index is 2.96. The molecule has 0 saturated carbocycles. The zero-order chi connectivity index (χ0) is 11.5. The van der Waals surface area contributed by atoms with E-state index in [0.717, 1.165) is 0 Å². The maximum Gasteiger partial charge on any atom is 0.0270 e. The minimum Gasteiger partial charge on any atom is -0.265 e. The summed E-state index contributed by atoms with van der Waals surface area (Å²) >= 11 is 0. The number of rotatable bonds is 3. The molecule has 1 aromatic heterocycles. The second-order valence-electron chi connectivity index (χ2n) is 5.89. The van der Waals surface area contributed by atoms with Gasteiger partial charge in [0, 0.05) is 12.4 Å². The molecule has 0 amide bonds. The topological polar surface area (TPSA) is 12.9 Å². The molecule has 1 atom stereocenters. The molecule has 0 aromatic carbocycles. The van der Waals surface area contributed by atoms with Crippen molar-refractivity contribution in [3.05, 3.63) is 30.1 Å². The molecule has 1 nitrogen and oxygen atoms in total.